The zero-order chi connectivity index (χ0) is 21.3. The highest BCUT2D eigenvalue weighted by Gasteiger charge is 2.42. The van der Waals surface area contributed by atoms with Gasteiger partial charge in [-0.1, -0.05) is 45.4 Å². The number of rotatable bonds is 4. The Labute approximate surface area is 191 Å². The number of halogens is 2. The van der Waals surface area contributed by atoms with E-state index in [4.69, 9.17) is 11.6 Å². The van der Waals surface area contributed by atoms with Gasteiger partial charge in [0.15, 0.2) is 5.17 Å². The predicted octanol–water partition coefficient (Wildman–Crippen LogP) is 3.54. The Morgan fingerprint density at radius 1 is 1.33 bits per heavy atom. The molecule has 0 radical (unpaired) electrons. The van der Waals surface area contributed by atoms with E-state index in [9.17, 15) is 9.59 Å². The molecular weight excluding hydrogens is 490 g/mol. The fraction of sp³-hybridized carbons (Fsp3) is 0.250. The van der Waals surface area contributed by atoms with Crippen LogP contribution in [0.25, 0.3) is 0 Å². The van der Waals surface area contributed by atoms with Crippen LogP contribution in [0.15, 0.2) is 51.9 Å². The van der Waals surface area contributed by atoms with Crippen molar-refractivity contribution in [3.63, 3.8) is 0 Å². The van der Waals surface area contributed by atoms with Crippen molar-refractivity contribution in [2.45, 2.75) is 13.1 Å². The van der Waals surface area contributed by atoms with Crippen LogP contribution in [-0.2, 0) is 9.59 Å². The Balaban J connectivity index is 1.52. The Morgan fingerprint density at radius 3 is 2.87 bits per heavy atom. The number of hydrogen-bond donors (Lipinski definition) is 3. The third-order valence-electron chi connectivity index (χ3n) is 4.89. The first kappa shape index (κ1) is 21.3. The molecule has 2 atom stereocenters. The highest BCUT2D eigenvalue weighted by atomic mass is 79.9. The third kappa shape index (κ3) is 4.40. The van der Waals surface area contributed by atoms with Crippen molar-refractivity contribution in [1.82, 2.24) is 10.9 Å². The standard InChI is InChI=1S/C20H19BrClN5O2S/c1-11-15(22)3-2-4-16(11)24-17(28)10-30-20-25-18-14(9-23-26-18)19(29)27(20)13-7-5-12(21)6-8-13/h2-8,14,18,23,26H,9-10H2,1H3,(H,24,28). The molecule has 0 aliphatic carbocycles. The molecule has 3 N–H and O–H groups in total. The molecule has 0 bridgehead atoms. The van der Waals surface area contributed by atoms with Gasteiger partial charge in [-0.15, -0.1) is 0 Å². The first-order chi connectivity index (χ1) is 14.4. The van der Waals surface area contributed by atoms with E-state index in [-0.39, 0.29) is 29.7 Å². The van der Waals surface area contributed by atoms with E-state index in [1.807, 2.05) is 31.2 Å². The van der Waals surface area contributed by atoms with Crippen molar-refractivity contribution < 1.29 is 9.59 Å². The van der Waals surface area contributed by atoms with Gasteiger partial charge in [0.2, 0.25) is 11.8 Å². The molecule has 2 aliphatic heterocycles. The van der Waals surface area contributed by atoms with Crippen LogP contribution in [0.4, 0.5) is 11.4 Å². The van der Waals surface area contributed by atoms with Gasteiger partial charge >= 0.3 is 0 Å². The smallest absolute Gasteiger partial charge is 0.241 e. The zero-order valence-electron chi connectivity index (χ0n) is 16.0. The van der Waals surface area contributed by atoms with Crippen molar-refractivity contribution >= 4 is 67.6 Å². The Morgan fingerprint density at radius 2 is 2.10 bits per heavy atom. The van der Waals surface area contributed by atoms with Crippen LogP contribution in [0, 0.1) is 12.8 Å². The summed E-state index contributed by atoms with van der Waals surface area (Å²) in [6, 6.07) is 12.8. The highest BCUT2D eigenvalue weighted by Crippen LogP contribution is 2.30. The molecule has 1 fully saturated rings. The maximum Gasteiger partial charge on any atom is 0.241 e. The molecule has 2 heterocycles. The van der Waals surface area contributed by atoms with Gasteiger partial charge in [0.25, 0.3) is 0 Å². The normalized spacial score (nSPS) is 20.7. The molecule has 10 heteroatoms. The largest absolute Gasteiger partial charge is 0.325 e. The summed E-state index contributed by atoms with van der Waals surface area (Å²) in [6.45, 7) is 2.36. The molecule has 7 nitrogen and oxygen atoms in total. The van der Waals surface area contributed by atoms with Gasteiger partial charge in [-0.3, -0.25) is 19.9 Å². The molecule has 30 heavy (non-hydrogen) atoms. The van der Waals surface area contributed by atoms with Crippen LogP contribution in [0.3, 0.4) is 0 Å². The van der Waals surface area contributed by atoms with Crippen molar-refractivity contribution in [2.24, 2.45) is 10.9 Å². The number of hydrazine groups is 1. The maximum atomic E-state index is 13.1. The molecule has 2 aromatic carbocycles. The lowest BCUT2D eigenvalue weighted by atomic mass is 10.0. The number of thioether (sulfide) groups is 1. The van der Waals surface area contributed by atoms with E-state index >= 15 is 0 Å². The number of amidine groups is 1. The molecule has 2 unspecified atom stereocenters. The molecule has 0 aromatic heterocycles. The summed E-state index contributed by atoms with van der Waals surface area (Å²) in [6.07, 6.45) is -0.343. The second kappa shape index (κ2) is 9.07. The fourth-order valence-electron chi connectivity index (χ4n) is 3.26. The van der Waals surface area contributed by atoms with E-state index < -0.39 is 0 Å². The summed E-state index contributed by atoms with van der Waals surface area (Å²) in [4.78, 5) is 32.0. The Bertz CT molecular complexity index is 1020. The number of benzene rings is 2. The van der Waals surface area contributed by atoms with Crippen LogP contribution in [-0.4, -0.2) is 35.4 Å². The monoisotopic (exact) mass is 507 g/mol. The van der Waals surface area contributed by atoms with Gasteiger partial charge in [-0.2, -0.15) is 0 Å². The van der Waals surface area contributed by atoms with E-state index in [1.165, 1.54) is 11.8 Å². The summed E-state index contributed by atoms with van der Waals surface area (Å²) in [5.41, 5.74) is 8.20. The van der Waals surface area contributed by atoms with E-state index in [0.717, 1.165) is 10.0 Å². The van der Waals surface area contributed by atoms with Gasteiger partial charge in [0.1, 0.15) is 6.17 Å². The van der Waals surface area contributed by atoms with Crippen molar-refractivity contribution in [1.29, 1.82) is 0 Å². The maximum absolute atomic E-state index is 13.1. The highest BCUT2D eigenvalue weighted by molar-refractivity contribution is 9.10. The summed E-state index contributed by atoms with van der Waals surface area (Å²) >= 11 is 10.8. The molecule has 1 saturated heterocycles. The summed E-state index contributed by atoms with van der Waals surface area (Å²) in [5, 5.41) is 3.95. The third-order valence-corrected chi connectivity index (χ3v) is 6.78. The molecule has 2 aliphatic rings. The van der Waals surface area contributed by atoms with Crippen molar-refractivity contribution in [3.8, 4) is 0 Å². The number of carbonyl (C=O) groups is 2. The fourth-order valence-corrected chi connectivity index (χ4v) is 4.54. The van der Waals surface area contributed by atoms with E-state index in [0.29, 0.717) is 28.1 Å². The molecule has 2 aromatic rings. The second-order valence-corrected chi connectivity index (χ2v) is 9.15. The lowest BCUT2D eigenvalue weighted by Gasteiger charge is -2.32. The van der Waals surface area contributed by atoms with Gasteiger partial charge < -0.3 is 5.32 Å². The number of fused-ring (bicyclic) bond motifs is 1. The SMILES string of the molecule is Cc1c(Cl)cccc1NC(=O)CSC1=NC2NNCC2C(=O)N1c1ccc(Br)cc1. The average Bonchev–Trinajstić information content (AvgIpc) is 3.20. The molecule has 4 rings (SSSR count). The second-order valence-electron chi connectivity index (χ2n) is 6.89. The number of hydrogen-bond acceptors (Lipinski definition) is 6. The molecule has 2 amide bonds. The van der Waals surface area contributed by atoms with Crippen LogP contribution in [0.2, 0.25) is 5.02 Å². The lowest BCUT2D eigenvalue weighted by Crippen LogP contribution is -2.49. The number of amides is 2. The van der Waals surface area contributed by atoms with E-state index in [2.05, 4.69) is 37.1 Å². The number of nitrogens with zero attached hydrogens (tertiary/aromatic N) is 2. The quantitative estimate of drug-likeness (QED) is 0.588. The molecule has 156 valence electrons. The van der Waals surface area contributed by atoms with E-state index in [1.54, 1.807) is 23.1 Å². The summed E-state index contributed by atoms with van der Waals surface area (Å²) in [5.74, 6) is -0.434. The van der Waals surface area contributed by atoms with Gasteiger partial charge in [-0.05, 0) is 48.9 Å². The Kier molecular flexibility index (Phi) is 6.45. The predicted molar refractivity (Wildman–Crippen MR) is 125 cm³/mol. The van der Waals surface area contributed by atoms with Crippen LogP contribution in [0.5, 0.6) is 0 Å². The van der Waals surface area contributed by atoms with Gasteiger partial charge in [-0.25, -0.2) is 10.4 Å². The molecular formula is C20H19BrClN5O2S. The first-order valence-electron chi connectivity index (χ1n) is 9.27. The minimum absolute atomic E-state index is 0.0524. The number of nitrogens with one attached hydrogen (secondary N) is 3. The molecule has 0 spiro atoms. The molecule has 0 saturated carbocycles. The van der Waals surface area contributed by atoms with Gasteiger partial charge in [0, 0.05) is 21.7 Å². The lowest BCUT2D eigenvalue weighted by molar-refractivity contribution is -0.121. The zero-order valence-corrected chi connectivity index (χ0v) is 19.1. The topological polar surface area (TPSA) is 85.8 Å². The first-order valence-corrected chi connectivity index (χ1v) is 11.4. The number of carbonyl (C=O) groups excluding carboxylic acids is 2. The van der Waals surface area contributed by atoms with Gasteiger partial charge in [0.05, 0.1) is 17.4 Å². The Hall–Kier alpha value is -1.91. The minimum atomic E-state index is -0.343. The van der Waals surface area contributed by atoms with Crippen molar-refractivity contribution in [2.75, 3.05) is 22.5 Å². The average molecular weight is 509 g/mol. The number of anilines is 2. The van der Waals surface area contributed by atoms with Crippen LogP contribution in [0.1, 0.15) is 5.56 Å². The summed E-state index contributed by atoms with van der Waals surface area (Å²) < 4.78 is 0.917. The van der Waals surface area contributed by atoms with Crippen LogP contribution >= 0.6 is 39.3 Å². The number of aliphatic imine (C=N–C) groups is 1. The minimum Gasteiger partial charge on any atom is -0.325 e. The van der Waals surface area contributed by atoms with Crippen LogP contribution < -0.4 is 21.1 Å². The summed E-state index contributed by atoms with van der Waals surface area (Å²) in [7, 11) is 0. The van der Waals surface area contributed by atoms with Crippen molar-refractivity contribution in [3.05, 3.63) is 57.5 Å².